The predicted octanol–water partition coefficient (Wildman–Crippen LogP) is 1.78. The van der Waals surface area contributed by atoms with Crippen molar-refractivity contribution in [1.29, 1.82) is 0 Å². The number of carboxylic acids is 1. The number of nitrogens with one attached hydrogen (secondary N) is 1. The summed E-state index contributed by atoms with van der Waals surface area (Å²) in [6.07, 6.45) is 0. The maximum absolute atomic E-state index is 10.8. The third kappa shape index (κ3) is 2.85. The van der Waals surface area contributed by atoms with Gasteiger partial charge in [0.1, 0.15) is 0 Å². The molecule has 0 spiro atoms. The van der Waals surface area contributed by atoms with Gasteiger partial charge in [-0.2, -0.15) is 0 Å². The van der Waals surface area contributed by atoms with Gasteiger partial charge in [0, 0.05) is 10.2 Å². The van der Waals surface area contributed by atoms with Crippen LogP contribution in [-0.4, -0.2) is 17.0 Å². The highest BCUT2D eigenvalue weighted by Crippen LogP contribution is 2.18. The van der Waals surface area contributed by atoms with Crippen LogP contribution in [0, 0.1) is 6.92 Å². The number of anilines is 1. The Balaban J connectivity index is 2.87. The average Bonchev–Trinajstić information content (AvgIpc) is 2.01. The molecular formula is C9H8BrNO3. The van der Waals surface area contributed by atoms with Crippen molar-refractivity contribution in [3.63, 3.8) is 0 Å². The molecule has 0 saturated heterocycles. The van der Waals surface area contributed by atoms with E-state index in [9.17, 15) is 9.59 Å². The third-order valence-corrected chi connectivity index (χ3v) is 1.95. The minimum absolute atomic E-state index is 0.462. The Morgan fingerprint density at radius 3 is 2.50 bits per heavy atom. The van der Waals surface area contributed by atoms with Gasteiger partial charge in [0.25, 0.3) is 0 Å². The number of aryl methyl sites for hydroxylation is 1. The molecule has 0 fully saturated rings. The van der Waals surface area contributed by atoms with Crippen LogP contribution in [0.2, 0.25) is 0 Å². The highest BCUT2D eigenvalue weighted by atomic mass is 79.9. The Labute approximate surface area is 89.1 Å². The van der Waals surface area contributed by atoms with Gasteiger partial charge in [0.15, 0.2) is 0 Å². The molecule has 1 aromatic rings. The number of hydrogen-bond acceptors (Lipinski definition) is 2. The summed E-state index contributed by atoms with van der Waals surface area (Å²) in [7, 11) is 0. The highest BCUT2D eigenvalue weighted by Gasteiger charge is 2.11. The number of amides is 1. The molecular weight excluding hydrogens is 250 g/mol. The maximum atomic E-state index is 10.8. The number of carboxylic acid groups (broad SMARTS) is 1. The van der Waals surface area contributed by atoms with Gasteiger partial charge < -0.3 is 10.4 Å². The van der Waals surface area contributed by atoms with Gasteiger partial charge in [-0.25, -0.2) is 4.79 Å². The van der Waals surface area contributed by atoms with Crippen molar-refractivity contribution in [3.05, 3.63) is 28.2 Å². The molecule has 0 aliphatic carbocycles. The maximum Gasteiger partial charge on any atom is 0.394 e. The number of aliphatic carboxylic acids is 1. The summed E-state index contributed by atoms with van der Waals surface area (Å²) in [6, 6.07) is 5.18. The molecule has 0 radical (unpaired) electrons. The van der Waals surface area contributed by atoms with Crippen LogP contribution in [0.5, 0.6) is 0 Å². The molecule has 0 aliphatic heterocycles. The lowest BCUT2D eigenvalue weighted by Gasteiger charge is -2.03. The van der Waals surface area contributed by atoms with Crippen LogP contribution in [0.3, 0.4) is 0 Å². The zero-order valence-electron chi connectivity index (χ0n) is 7.37. The number of carbonyl (C=O) groups excluding carboxylic acids is 1. The molecule has 0 saturated carbocycles. The van der Waals surface area contributed by atoms with Gasteiger partial charge in [-0.15, -0.1) is 0 Å². The molecule has 1 aromatic carbocycles. The molecule has 1 rings (SSSR count). The fourth-order valence-electron chi connectivity index (χ4n) is 0.993. The van der Waals surface area contributed by atoms with E-state index in [2.05, 4.69) is 21.2 Å². The van der Waals surface area contributed by atoms with E-state index in [-0.39, 0.29) is 0 Å². The van der Waals surface area contributed by atoms with Crippen molar-refractivity contribution in [3.8, 4) is 0 Å². The van der Waals surface area contributed by atoms with E-state index < -0.39 is 11.9 Å². The Bertz CT molecular complexity index is 369. The largest absolute Gasteiger partial charge is 0.474 e. The van der Waals surface area contributed by atoms with E-state index in [4.69, 9.17) is 5.11 Å². The Morgan fingerprint density at radius 2 is 2.00 bits per heavy atom. The van der Waals surface area contributed by atoms with Crippen LogP contribution in [0.25, 0.3) is 0 Å². The first-order valence-electron chi connectivity index (χ1n) is 3.80. The molecule has 0 unspecified atom stereocenters. The summed E-state index contributed by atoms with van der Waals surface area (Å²) in [4.78, 5) is 21.1. The smallest absolute Gasteiger partial charge is 0.394 e. The van der Waals surface area contributed by atoms with Gasteiger partial charge in [0.2, 0.25) is 0 Å². The quantitative estimate of drug-likeness (QED) is 0.754. The zero-order chi connectivity index (χ0) is 10.7. The van der Waals surface area contributed by atoms with E-state index in [0.29, 0.717) is 5.69 Å². The van der Waals surface area contributed by atoms with Crippen molar-refractivity contribution < 1.29 is 14.7 Å². The van der Waals surface area contributed by atoms with Gasteiger partial charge in [-0.05, 0) is 30.7 Å². The van der Waals surface area contributed by atoms with E-state index in [1.165, 1.54) is 0 Å². The van der Waals surface area contributed by atoms with Crippen molar-refractivity contribution in [2.24, 2.45) is 0 Å². The van der Waals surface area contributed by atoms with Crippen LogP contribution >= 0.6 is 15.9 Å². The van der Waals surface area contributed by atoms with E-state index >= 15 is 0 Å². The standard InChI is InChI=1S/C9H8BrNO3/c1-5-2-6(10)4-7(3-5)11-8(12)9(13)14/h2-4H,1H3,(H,11,12)(H,13,14). The second kappa shape index (κ2) is 4.23. The van der Waals surface area contributed by atoms with E-state index in [0.717, 1.165) is 10.0 Å². The minimum atomic E-state index is -1.50. The van der Waals surface area contributed by atoms with Crippen molar-refractivity contribution >= 4 is 33.5 Å². The lowest BCUT2D eigenvalue weighted by atomic mass is 10.2. The molecule has 1 amide bonds. The summed E-state index contributed by atoms with van der Waals surface area (Å²) < 4.78 is 0.790. The van der Waals surface area contributed by atoms with Crippen molar-refractivity contribution in [2.45, 2.75) is 6.92 Å². The minimum Gasteiger partial charge on any atom is -0.474 e. The van der Waals surface area contributed by atoms with Crippen molar-refractivity contribution in [2.75, 3.05) is 5.32 Å². The summed E-state index contributed by atoms with van der Waals surface area (Å²) in [5.41, 5.74) is 1.39. The molecule has 0 heterocycles. The van der Waals surface area contributed by atoms with Crippen LogP contribution in [-0.2, 0) is 9.59 Å². The molecule has 74 valence electrons. The molecule has 2 N–H and O–H groups in total. The fraction of sp³-hybridized carbons (Fsp3) is 0.111. The number of carbonyl (C=O) groups is 2. The number of benzene rings is 1. The first-order valence-corrected chi connectivity index (χ1v) is 4.60. The third-order valence-electron chi connectivity index (χ3n) is 1.49. The first kappa shape index (κ1) is 10.7. The van der Waals surface area contributed by atoms with Crippen LogP contribution in [0.4, 0.5) is 5.69 Å². The second-order valence-electron chi connectivity index (χ2n) is 2.78. The SMILES string of the molecule is Cc1cc(Br)cc(NC(=O)C(=O)O)c1. The Morgan fingerprint density at radius 1 is 1.36 bits per heavy atom. The number of rotatable bonds is 1. The molecule has 14 heavy (non-hydrogen) atoms. The Kier molecular flexibility index (Phi) is 3.24. The van der Waals surface area contributed by atoms with E-state index in [1.54, 1.807) is 12.1 Å². The highest BCUT2D eigenvalue weighted by molar-refractivity contribution is 9.10. The van der Waals surface area contributed by atoms with Crippen LogP contribution in [0.1, 0.15) is 5.56 Å². The summed E-state index contributed by atoms with van der Waals surface area (Å²) in [6.45, 7) is 1.85. The zero-order valence-corrected chi connectivity index (χ0v) is 8.96. The molecule has 4 nitrogen and oxygen atoms in total. The monoisotopic (exact) mass is 257 g/mol. The second-order valence-corrected chi connectivity index (χ2v) is 3.69. The molecule has 0 atom stereocenters. The Hall–Kier alpha value is -1.36. The summed E-state index contributed by atoms with van der Waals surface area (Å²) in [5, 5.41) is 10.6. The summed E-state index contributed by atoms with van der Waals surface area (Å²) >= 11 is 3.24. The summed E-state index contributed by atoms with van der Waals surface area (Å²) in [5.74, 6) is -2.54. The molecule has 0 bridgehead atoms. The van der Waals surface area contributed by atoms with Gasteiger partial charge in [-0.1, -0.05) is 15.9 Å². The molecule has 0 aromatic heterocycles. The van der Waals surface area contributed by atoms with Gasteiger partial charge in [0.05, 0.1) is 0 Å². The van der Waals surface area contributed by atoms with Gasteiger partial charge in [-0.3, -0.25) is 4.79 Å². The molecule has 0 aliphatic rings. The van der Waals surface area contributed by atoms with E-state index in [1.807, 2.05) is 13.0 Å². The lowest BCUT2D eigenvalue weighted by molar-refractivity contribution is -0.147. The van der Waals surface area contributed by atoms with Gasteiger partial charge >= 0.3 is 11.9 Å². The molecule has 5 heteroatoms. The number of halogens is 1. The average molecular weight is 258 g/mol. The van der Waals surface area contributed by atoms with Crippen molar-refractivity contribution in [1.82, 2.24) is 0 Å². The van der Waals surface area contributed by atoms with Crippen LogP contribution < -0.4 is 5.32 Å². The topological polar surface area (TPSA) is 66.4 Å². The number of hydrogen-bond donors (Lipinski definition) is 2. The normalized spacial score (nSPS) is 9.57. The van der Waals surface area contributed by atoms with Crippen LogP contribution in [0.15, 0.2) is 22.7 Å². The predicted molar refractivity (Wildman–Crippen MR) is 55.1 cm³/mol. The first-order chi connectivity index (χ1) is 6.49. The lowest BCUT2D eigenvalue weighted by Crippen LogP contribution is -2.21. The fourth-order valence-corrected chi connectivity index (χ4v) is 1.60.